The standard InChI is InChI=1S/C42H50O16/c1-49-29-11-21(7-9-25(29)45)39(47)37(19-43)57-41-33(51-3)13-23(14-34(41)52-4)27-17-31-32(55-27)18-28(56-31)24-15-35(53-5)42(36(16-24)54-6)58-38(20-44)40(48)22-8-10-26(46)30(12-22)50-2/h7-16,27-28,31-32,37-40,43-48H,17-20H2,1-6H3/t27-,28+,31-,32-,37-,38+,39-,40+/m1/s1. The molecule has 2 aliphatic heterocycles. The second-order valence-electron chi connectivity index (χ2n) is 13.7. The van der Waals surface area contributed by atoms with E-state index in [0.29, 0.717) is 47.0 Å². The average Bonchev–Trinajstić information content (AvgIpc) is 3.84. The van der Waals surface area contributed by atoms with Gasteiger partial charge in [0.25, 0.3) is 0 Å². The normalized spacial score (nSPS) is 20.7. The van der Waals surface area contributed by atoms with E-state index in [1.165, 1.54) is 79.1 Å². The van der Waals surface area contributed by atoms with Gasteiger partial charge in [-0.1, -0.05) is 12.1 Å². The second-order valence-corrected chi connectivity index (χ2v) is 13.7. The van der Waals surface area contributed by atoms with Gasteiger partial charge < -0.3 is 78.0 Å². The molecule has 4 aromatic carbocycles. The summed E-state index contributed by atoms with van der Waals surface area (Å²) in [6, 6.07) is 15.7. The number of ether oxygens (including phenoxy) is 10. The molecule has 2 fully saturated rings. The molecule has 0 unspecified atom stereocenters. The number of aromatic hydroxyl groups is 2. The maximum absolute atomic E-state index is 11.1. The van der Waals surface area contributed by atoms with Crippen molar-refractivity contribution < 1.29 is 78.0 Å². The Morgan fingerprint density at radius 2 is 0.845 bits per heavy atom. The Morgan fingerprint density at radius 3 is 1.14 bits per heavy atom. The predicted octanol–water partition coefficient (Wildman–Crippen LogP) is 4.46. The number of phenolic OH excluding ortho intramolecular Hbond substituents is 2. The Hall–Kier alpha value is -5.36. The summed E-state index contributed by atoms with van der Waals surface area (Å²) in [5, 5.41) is 62.6. The van der Waals surface area contributed by atoms with Gasteiger partial charge in [0, 0.05) is 12.8 Å². The van der Waals surface area contributed by atoms with Crippen LogP contribution in [0, 0.1) is 0 Å². The molecule has 0 aliphatic carbocycles. The van der Waals surface area contributed by atoms with Gasteiger partial charge in [0.05, 0.1) is 80.3 Å². The number of rotatable bonds is 18. The van der Waals surface area contributed by atoms with Crippen molar-refractivity contribution in [3.63, 3.8) is 0 Å². The van der Waals surface area contributed by atoms with Crippen LogP contribution in [0.25, 0.3) is 0 Å². The number of hydrogen-bond donors (Lipinski definition) is 6. The summed E-state index contributed by atoms with van der Waals surface area (Å²) in [4.78, 5) is 0. The minimum Gasteiger partial charge on any atom is -0.504 e. The van der Waals surface area contributed by atoms with E-state index < -0.39 is 37.6 Å². The molecule has 6 N–H and O–H groups in total. The third-order valence-corrected chi connectivity index (χ3v) is 10.4. The maximum atomic E-state index is 11.1. The van der Waals surface area contributed by atoms with Gasteiger partial charge in [0.2, 0.25) is 11.5 Å². The quantitative estimate of drug-likeness (QED) is 0.0819. The first-order valence-electron chi connectivity index (χ1n) is 18.5. The molecule has 2 saturated heterocycles. The van der Waals surface area contributed by atoms with Crippen molar-refractivity contribution in [3.05, 3.63) is 82.9 Å². The highest BCUT2D eigenvalue weighted by atomic mass is 16.6. The van der Waals surface area contributed by atoms with Crippen LogP contribution in [-0.4, -0.2) is 111 Å². The lowest BCUT2D eigenvalue weighted by Crippen LogP contribution is -2.29. The number of fused-ring (bicyclic) bond motifs is 1. The Labute approximate surface area is 335 Å². The molecule has 0 bridgehead atoms. The smallest absolute Gasteiger partial charge is 0.204 e. The lowest BCUT2D eigenvalue weighted by molar-refractivity contribution is -0.00195. The largest absolute Gasteiger partial charge is 0.504 e. The van der Waals surface area contributed by atoms with Gasteiger partial charge in [0.15, 0.2) is 58.2 Å². The number of aliphatic hydroxyl groups excluding tert-OH is 4. The van der Waals surface area contributed by atoms with Crippen molar-refractivity contribution >= 4 is 0 Å². The van der Waals surface area contributed by atoms with Crippen molar-refractivity contribution in [2.75, 3.05) is 55.9 Å². The summed E-state index contributed by atoms with van der Waals surface area (Å²) in [5.41, 5.74) is 2.20. The van der Waals surface area contributed by atoms with Crippen LogP contribution < -0.4 is 37.9 Å². The van der Waals surface area contributed by atoms with E-state index in [-0.39, 0.29) is 58.9 Å². The van der Waals surface area contributed by atoms with E-state index in [1.807, 2.05) is 0 Å². The molecule has 16 heteroatoms. The number of methoxy groups -OCH3 is 6. The van der Waals surface area contributed by atoms with Gasteiger partial charge >= 0.3 is 0 Å². The Kier molecular flexibility index (Phi) is 13.5. The summed E-state index contributed by atoms with van der Waals surface area (Å²) in [6.45, 7) is -1.11. The third kappa shape index (κ3) is 8.57. The van der Waals surface area contributed by atoms with Crippen molar-refractivity contribution in [1.29, 1.82) is 0 Å². The molecular weight excluding hydrogens is 760 g/mol. The highest BCUT2D eigenvalue weighted by Gasteiger charge is 2.45. The van der Waals surface area contributed by atoms with Crippen molar-refractivity contribution in [1.82, 2.24) is 0 Å². The molecular formula is C42H50O16. The maximum Gasteiger partial charge on any atom is 0.204 e. The van der Waals surface area contributed by atoms with Gasteiger partial charge in [-0.15, -0.1) is 0 Å². The molecule has 2 aliphatic rings. The van der Waals surface area contributed by atoms with E-state index in [0.717, 1.165) is 11.1 Å². The van der Waals surface area contributed by atoms with Crippen molar-refractivity contribution in [2.45, 2.75) is 61.7 Å². The molecule has 0 amide bonds. The lowest BCUT2D eigenvalue weighted by atomic mass is 10.0. The van der Waals surface area contributed by atoms with Crippen LogP contribution in [0.3, 0.4) is 0 Å². The summed E-state index contributed by atoms with van der Waals surface area (Å²) in [7, 11) is 8.66. The zero-order valence-electron chi connectivity index (χ0n) is 33.0. The molecule has 0 saturated carbocycles. The highest BCUT2D eigenvalue weighted by molar-refractivity contribution is 5.56. The highest BCUT2D eigenvalue weighted by Crippen LogP contribution is 2.51. The van der Waals surface area contributed by atoms with Crippen LogP contribution in [0.15, 0.2) is 60.7 Å². The minimum atomic E-state index is -1.30. The number of aliphatic hydroxyl groups is 4. The van der Waals surface area contributed by atoms with Gasteiger partial charge in [-0.05, 0) is 70.8 Å². The molecule has 58 heavy (non-hydrogen) atoms. The summed E-state index contributed by atoms with van der Waals surface area (Å²) >= 11 is 0. The lowest BCUT2D eigenvalue weighted by Gasteiger charge is -2.26. The first kappa shape index (κ1) is 42.3. The molecule has 0 radical (unpaired) electrons. The monoisotopic (exact) mass is 810 g/mol. The number of hydrogen-bond acceptors (Lipinski definition) is 16. The second kappa shape index (κ2) is 18.5. The molecule has 0 spiro atoms. The fourth-order valence-corrected chi connectivity index (χ4v) is 7.27. The molecule has 0 aromatic heterocycles. The molecule has 314 valence electrons. The van der Waals surface area contributed by atoms with Crippen LogP contribution in [0.4, 0.5) is 0 Å². The van der Waals surface area contributed by atoms with E-state index in [4.69, 9.17) is 47.4 Å². The van der Waals surface area contributed by atoms with Crippen molar-refractivity contribution in [3.8, 4) is 57.5 Å². The van der Waals surface area contributed by atoms with Gasteiger partial charge in [-0.2, -0.15) is 0 Å². The van der Waals surface area contributed by atoms with E-state index in [1.54, 1.807) is 24.3 Å². The third-order valence-electron chi connectivity index (χ3n) is 10.4. The van der Waals surface area contributed by atoms with E-state index >= 15 is 0 Å². The van der Waals surface area contributed by atoms with Gasteiger partial charge in [0.1, 0.15) is 12.2 Å². The zero-order valence-corrected chi connectivity index (χ0v) is 33.0. The first-order chi connectivity index (χ1) is 28.0. The predicted molar refractivity (Wildman–Crippen MR) is 206 cm³/mol. The average molecular weight is 811 g/mol. The fourth-order valence-electron chi connectivity index (χ4n) is 7.27. The fraction of sp³-hybridized carbons (Fsp3) is 0.429. The Balaban J connectivity index is 1.16. The minimum absolute atomic E-state index is 0.0975. The number of phenols is 2. The van der Waals surface area contributed by atoms with E-state index in [9.17, 15) is 30.6 Å². The molecule has 4 aromatic rings. The molecule has 16 nitrogen and oxygen atoms in total. The summed E-state index contributed by atoms with van der Waals surface area (Å²) in [5.74, 6) is 1.64. The summed E-state index contributed by atoms with van der Waals surface area (Å²) < 4.78 is 58.4. The van der Waals surface area contributed by atoms with Crippen LogP contribution in [-0.2, 0) is 9.47 Å². The molecule has 8 atom stereocenters. The van der Waals surface area contributed by atoms with E-state index in [2.05, 4.69) is 0 Å². The molecule has 6 rings (SSSR count). The van der Waals surface area contributed by atoms with Gasteiger partial charge in [-0.3, -0.25) is 0 Å². The zero-order chi connectivity index (χ0) is 41.7. The Bertz CT molecular complexity index is 1820. The SMILES string of the molecule is COc1cc([C@@H](O)[C@@H](CO)Oc2c(OC)cc([C@H]3C[C@H]4O[C@H](c5cc(OC)c(O[C@@H](CO)[C@@H](O)c6ccc(O)c(OC)c6)c(OC)c5)C[C@H]4O3)cc2OC)ccc1O. The first-order valence-corrected chi connectivity index (χ1v) is 18.5. The van der Waals surface area contributed by atoms with Gasteiger partial charge in [-0.25, -0.2) is 0 Å². The topological polar surface area (TPSA) is 214 Å². The molecule has 2 heterocycles. The summed E-state index contributed by atoms with van der Waals surface area (Å²) in [6.07, 6.45) is -5.12. The van der Waals surface area contributed by atoms with Crippen LogP contribution in [0.5, 0.6) is 57.5 Å². The van der Waals surface area contributed by atoms with Crippen molar-refractivity contribution in [2.24, 2.45) is 0 Å². The Morgan fingerprint density at radius 1 is 0.517 bits per heavy atom. The van der Waals surface area contributed by atoms with Crippen LogP contribution in [0.2, 0.25) is 0 Å². The number of benzene rings is 4. The van der Waals surface area contributed by atoms with Crippen LogP contribution in [0.1, 0.15) is 59.5 Å². The van der Waals surface area contributed by atoms with Crippen LogP contribution >= 0.6 is 0 Å².